The molecule has 0 radical (unpaired) electrons. The van der Waals surface area contributed by atoms with E-state index in [9.17, 15) is 10.1 Å². The lowest BCUT2D eigenvalue weighted by Crippen LogP contribution is -2.11. The van der Waals surface area contributed by atoms with Gasteiger partial charge in [0.15, 0.2) is 5.82 Å². The first-order valence-electron chi connectivity index (χ1n) is 11.0. The quantitative estimate of drug-likeness (QED) is 0.366. The van der Waals surface area contributed by atoms with Gasteiger partial charge in [-0.2, -0.15) is 10.4 Å². The summed E-state index contributed by atoms with van der Waals surface area (Å²) in [5.74, 6) is 0.947. The van der Waals surface area contributed by atoms with Crippen molar-refractivity contribution in [1.29, 1.82) is 5.26 Å². The largest absolute Gasteiger partial charge is 0.497 e. The van der Waals surface area contributed by atoms with Crippen molar-refractivity contribution in [3.63, 3.8) is 0 Å². The van der Waals surface area contributed by atoms with Crippen LogP contribution < -0.4 is 10.3 Å². The van der Waals surface area contributed by atoms with E-state index >= 15 is 0 Å². The molecule has 0 fully saturated rings. The molecule has 1 N–H and O–H groups in total. The molecule has 35 heavy (non-hydrogen) atoms. The van der Waals surface area contributed by atoms with Gasteiger partial charge in [-0.3, -0.25) is 4.79 Å². The summed E-state index contributed by atoms with van der Waals surface area (Å²) in [6.07, 6.45) is 3.56. The van der Waals surface area contributed by atoms with E-state index in [1.165, 1.54) is 0 Å². The van der Waals surface area contributed by atoms with Gasteiger partial charge in [0, 0.05) is 17.3 Å². The zero-order chi connectivity index (χ0) is 24.4. The number of aryl methyl sites for hydroxylation is 1. The third kappa shape index (κ3) is 4.33. The fourth-order valence-corrected chi connectivity index (χ4v) is 3.87. The summed E-state index contributed by atoms with van der Waals surface area (Å²) in [5.41, 5.74) is 4.60. The molecule has 7 nitrogen and oxygen atoms in total. The molecule has 0 aliphatic rings. The van der Waals surface area contributed by atoms with Gasteiger partial charge < -0.3 is 9.72 Å². The van der Waals surface area contributed by atoms with Crippen LogP contribution in [-0.4, -0.2) is 26.9 Å². The van der Waals surface area contributed by atoms with E-state index in [1.807, 2.05) is 79.9 Å². The van der Waals surface area contributed by atoms with E-state index < -0.39 is 0 Å². The van der Waals surface area contributed by atoms with Crippen LogP contribution in [0.15, 0.2) is 83.8 Å². The third-order valence-electron chi connectivity index (χ3n) is 5.66. The molecule has 0 aliphatic carbocycles. The number of ether oxygens (including phenoxy) is 1. The number of nitrogens with one attached hydrogen (secondary N) is 1. The lowest BCUT2D eigenvalue weighted by Gasteiger charge is -2.04. The smallest absolute Gasteiger partial charge is 0.259 e. The second-order valence-electron chi connectivity index (χ2n) is 8.05. The summed E-state index contributed by atoms with van der Waals surface area (Å²) in [4.78, 5) is 20.0. The second-order valence-corrected chi connectivity index (χ2v) is 8.05. The van der Waals surface area contributed by atoms with Crippen LogP contribution >= 0.6 is 0 Å². The number of benzene rings is 3. The number of fused-ring (bicyclic) bond motifs is 1. The monoisotopic (exact) mass is 459 g/mol. The zero-order valence-electron chi connectivity index (χ0n) is 19.2. The maximum absolute atomic E-state index is 12.7. The predicted octanol–water partition coefficient (Wildman–Crippen LogP) is 5.16. The standard InChI is InChI=1S/C28H21N5O2/c1-18-8-13-24-25(14-18)30-27(31-28(24)34)20(16-29)15-21-17-33(22-6-4-3-5-7-22)32-26(21)19-9-11-23(35-2)12-10-19/h3-15,17H,1-2H3,(H,30,31,34). The van der Waals surface area contributed by atoms with Gasteiger partial charge in [0.1, 0.15) is 11.8 Å². The molecule has 3 aromatic carbocycles. The first kappa shape index (κ1) is 21.9. The highest BCUT2D eigenvalue weighted by Crippen LogP contribution is 2.28. The number of rotatable bonds is 5. The number of nitriles is 1. The van der Waals surface area contributed by atoms with Gasteiger partial charge in [0.2, 0.25) is 0 Å². The Kier molecular flexibility index (Phi) is 5.70. The van der Waals surface area contributed by atoms with Crippen molar-refractivity contribution in [3.8, 4) is 28.8 Å². The molecule has 0 saturated heterocycles. The molecule has 0 saturated carbocycles. The number of nitrogens with zero attached hydrogens (tertiary/aromatic N) is 4. The van der Waals surface area contributed by atoms with Crippen molar-refractivity contribution in [2.24, 2.45) is 0 Å². The van der Waals surface area contributed by atoms with Crippen LogP contribution in [0.5, 0.6) is 5.75 Å². The fourth-order valence-electron chi connectivity index (χ4n) is 3.87. The van der Waals surface area contributed by atoms with Gasteiger partial charge in [0.25, 0.3) is 5.56 Å². The summed E-state index contributed by atoms with van der Waals surface area (Å²) in [6.45, 7) is 1.93. The van der Waals surface area contributed by atoms with Crippen molar-refractivity contribution >= 4 is 22.6 Å². The van der Waals surface area contributed by atoms with E-state index in [-0.39, 0.29) is 17.0 Å². The summed E-state index contributed by atoms with van der Waals surface area (Å²) < 4.78 is 7.05. The Morgan fingerprint density at radius 2 is 1.86 bits per heavy atom. The van der Waals surface area contributed by atoms with Crippen LogP contribution in [0, 0.1) is 18.3 Å². The minimum Gasteiger partial charge on any atom is -0.497 e. The number of allylic oxidation sites excluding steroid dienone is 1. The van der Waals surface area contributed by atoms with Crippen LogP contribution in [0.2, 0.25) is 0 Å². The molecule has 5 aromatic rings. The Morgan fingerprint density at radius 1 is 1.09 bits per heavy atom. The van der Waals surface area contributed by atoms with Gasteiger partial charge >= 0.3 is 0 Å². The Labute approximate surface area is 201 Å². The number of aromatic nitrogens is 4. The first-order valence-corrected chi connectivity index (χ1v) is 11.0. The number of aromatic amines is 1. The van der Waals surface area contributed by atoms with E-state index in [2.05, 4.69) is 16.0 Å². The molecule has 0 unspecified atom stereocenters. The summed E-state index contributed by atoms with van der Waals surface area (Å²) in [5, 5.41) is 15.3. The Bertz CT molecular complexity index is 1660. The minimum absolute atomic E-state index is 0.212. The topological polar surface area (TPSA) is 96.6 Å². The maximum atomic E-state index is 12.7. The normalized spacial score (nSPS) is 11.4. The molecule has 2 aromatic heterocycles. The van der Waals surface area contributed by atoms with E-state index in [1.54, 1.807) is 23.9 Å². The van der Waals surface area contributed by atoms with Crippen LogP contribution in [0.25, 0.3) is 39.5 Å². The van der Waals surface area contributed by atoms with Crippen molar-refractivity contribution in [1.82, 2.24) is 19.7 Å². The molecular weight excluding hydrogens is 438 g/mol. The predicted molar refractivity (Wildman–Crippen MR) is 136 cm³/mol. The van der Waals surface area contributed by atoms with Gasteiger partial charge in [-0.15, -0.1) is 0 Å². The van der Waals surface area contributed by atoms with Gasteiger partial charge in [-0.1, -0.05) is 24.3 Å². The Balaban J connectivity index is 1.68. The lowest BCUT2D eigenvalue weighted by molar-refractivity contribution is 0.415. The summed E-state index contributed by atoms with van der Waals surface area (Å²) >= 11 is 0. The number of hydrogen-bond acceptors (Lipinski definition) is 5. The first-order chi connectivity index (χ1) is 17.1. The van der Waals surface area contributed by atoms with Crippen LogP contribution in [-0.2, 0) is 0 Å². The van der Waals surface area contributed by atoms with Crippen LogP contribution in [0.3, 0.4) is 0 Å². The molecule has 5 rings (SSSR count). The second kappa shape index (κ2) is 9.12. The van der Waals surface area contributed by atoms with Gasteiger partial charge in [0.05, 0.1) is 35.0 Å². The third-order valence-corrected chi connectivity index (χ3v) is 5.66. The number of methoxy groups -OCH3 is 1. The minimum atomic E-state index is -0.290. The molecule has 7 heteroatoms. The molecule has 2 heterocycles. The lowest BCUT2D eigenvalue weighted by atomic mass is 10.1. The zero-order valence-corrected chi connectivity index (χ0v) is 19.2. The molecule has 0 amide bonds. The maximum Gasteiger partial charge on any atom is 0.259 e. The highest BCUT2D eigenvalue weighted by atomic mass is 16.5. The highest BCUT2D eigenvalue weighted by molar-refractivity contribution is 5.91. The van der Waals surface area contributed by atoms with E-state index in [4.69, 9.17) is 9.84 Å². The molecule has 0 atom stereocenters. The molecule has 170 valence electrons. The van der Waals surface area contributed by atoms with Crippen LogP contribution in [0.1, 0.15) is 17.0 Å². The van der Waals surface area contributed by atoms with Gasteiger partial charge in [-0.25, -0.2) is 9.67 Å². The number of para-hydroxylation sites is 1. The molecule has 0 spiro atoms. The van der Waals surface area contributed by atoms with Crippen LogP contribution in [0.4, 0.5) is 0 Å². The van der Waals surface area contributed by atoms with Crippen molar-refractivity contribution in [3.05, 3.63) is 106 Å². The number of hydrogen-bond donors (Lipinski definition) is 1. The Morgan fingerprint density at radius 3 is 2.57 bits per heavy atom. The highest BCUT2D eigenvalue weighted by Gasteiger charge is 2.15. The summed E-state index contributed by atoms with van der Waals surface area (Å²) in [6, 6.07) is 24.9. The average molecular weight is 460 g/mol. The molecule has 0 aliphatic heterocycles. The molecule has 0 bridgehead atoms. The Hall–Kier alpha value is -4.96. The van der Waals surface area contributed by atoms with Gasteiger partial charge in [-0.05, 0) is 67.1 Å². The average Bonchev–Trinajstić information content (AvgIpc) is 3.31. The van der Waals surface area contributed by atoms with E-state index in [0.29, 0.717) is 22.2 Å². The van der Waals surface area contributed by atoms with E-state index in [0.717, 1.165) is 22.6 Å². The SMILES string of the molecule is COc1ccc(-c2nn(-c3ccccc3)cc2C=C(C#N)c2nc3cc(C)ccc3c(=O)[nH]2)cc1. The molecular formula is C28H21N5O2. The van der Waals surface area contributed by atoms with Crippen molar-refractivity contribution in [2.75, 3.05) is 7.11 Å². The summed E-state index contributed by atoms with van der Waals surface area (Å²) in [7, 11) is 1.62. The van der Waals surface area contributed by atoms with Crippen molar-refractivity contribution in [2.45, 2.75) is 6.92 Å². The fraction of sp³-hybridized carbons (Fsp3) is 0.0714. The van der Waals surface area contributed by atoms with Crippen molar-refractivity contribution < 1.29 is 4.74 Å². The number of H-pyrrole nitrogens is 1.